The summed E-state index contributed by atoms with van der Waals surface area (Å²) in [4.78, 5) is 6.29. The summed E-state index contributed by atoms with van der Waals surface area (Å²) in [5.41, 5.74) is 6.83. The van der Waals surface area contributed by atoms with Gasteiger partial charge in [0.05, 0.1) is 19.8 Å². The molecule has 0 aromatic carbocycles. The molecule has 1 saturated carbocycles. The van der Waals surface area contributed by atoms with Crippen LogP contribution in [0.2, 0.25) is 0 Å². The Morgan fingerprint density at radius 2 is 2.19 bits per heavy atom. The fourth-order valence-corrected chi connectivity index (χ4v) is 1.23. The first kappa shape index (κ1) is 15.7. The highest BCUT2D eigenvalue weighted by Crippen LogP contribution is 2.24. The second kappa shape index (κ2) is 7.89. The third-order valence-corrected chi connectivity index (χ3v) is 2.31. The van der Waals surface area contributed by atoms with E-state index in [-0.39, 0.29) is 24.0 Å². The highest BCUT2D eigenvalue weighted by atomic mass is 127. The molecule has 1 rings (SSSR count). The molecule has 1 aliphatic carbocycles. The van der Waals surface area contributed by atoms with Gasteiger partial charge in [-0.2, -0.15) is 0 Å². The van der Waals surface area contributed by atoms with Crippen LogP contribution in [-0.2, 0) is 4.74 Å². The molecule has 1 aliphatic rings. The van der Waals surface area contributed by atoms with Gasteiger partial charge in [-0.25, -0.2) is 0 Å². The zero-order valence-electron chi connectivity index (χ0n) is 10.1. The monoisotopic (exact) mass is 339 g/mol. The minimum atomic E-state index is 0. The van der Waals surface area contributed by atoms with E-state index in [1.165, 1.54) is 12.8 Å². The van der Waals surface area contributed by atoms with Crippen LogP contribution < -0.4 is 5.73 Å². The largest absolute Gasteiger partial charge is 0.375 e. The summed E-state index contributed by atoms with van der Waals surface area (Å²) in [6, 6.07) is 0.616. The average molecular weight is 339 g/mol. The predicted octanol–water partition coefficient (Wildman–Crippen LogP) is 1.61. The van der Waals surface area contributed by atoms with E-state index in [2.05, 4.69) is 11.6 Å². The molecule has 0 aromatic rings. The molecule has 0 unspecified atom stereocenters. The SMILES string of the molecule is C=C(C)COCCN=C(N)N(C)C1CC1.I. The molecule has 0 heterocycles. The van der Waals surface area contributed by atoms with Gasteiger partial charge in [0.25, 0.3) is 0 Å². The van der Waals surface area contributed by atoms with Crippen LogP contribution >= 0.6 is 24.0 Å². The third kappa shape index (κ3) is 6.32. The van der Waals surface area contributed by atoms with Crippen LogP contribution in [0.5, 0.6) is 0 Å². The smallest absolute Gasteiger partial charge is 0.191 e. The van der Waals surface area contributed by atoms with Gasteiger partial charge in [0.2, 0.25) is 0 Å². The van der Waals surface area contributed by atoms with Crippen molar-refractivity contribution in [3.05, 3.63) is 12.2 Å². The van der Waals surface area contributed by atoms with Crippen molar-refractivity contribution >= 4 is 29.9 Å². The van der Waals surface area contributed by atoms with Crippen LogP contribution in [0.15, 0.2) is 17.1 Å². The number of ether oxygens (including phenoxy) is 1. The topological polar surface area (TPSA) is 50.9 Å². The highest BCUT2D eigenvalue weighted by Gasteiger charge is 2.27. The molecule has 0 amide bonds. The molecule has 94 valence electrons. The standard InChI is InChI=1S/C11H21N3O.HI/c1-9(2)8-15-7-6-13-11(12)14(3)10-4-5-10;/h10H,1,4-8H2,2-3H3,(H2,12,13);1H. The summed E-state index contributed by atoms with van der Waals surface area (Å²) < 4.78 is 5.32. The summed E-state index contributed by atoms with van der Waals surface area (Å²) in [6.07, 6.45) is 2.47. The summed E-state index contributed by atoms with van der Waals surface area (Å²) in [6.45, 7) is 7.53. The fraction of sp³-hybridized carbons (Fsp3) is 0.727. The molecule has 4 nitrogen and oxygen atoms in total. The second-order valence-electron chi connectivity index (χ2n) is 4.09. The summed E-state index contributed by atoms with van der Waals surface area (Å²) in [5.74, 6) is 0.622. The number of hydrogen-bond acceptors (Lipinski definition) is 2. The predicted molar refractivity (Wildman–Crippen MR) is 78.3 cm³/mol. The Morgan fingerprint density at radius 1 is 1.56 bits per heavy atom. The number of hydrogen-bond donors (Lipinski definition) is 1. The van der Waals surface area contributed by atoms with Crippen LogP contribution in [-0.4, -0.2) is 43.7 Å². The lowest BCUT2D eigenvalue weighted by atomic mass is 10.4. The first-order valence-electron chi connectivity index (χ1n) is 5.36. The zero-order valence-corrected chi connectivity index (χ0v) is 12.4. The van der Waals surface area contributed by atoms with Crippen molar-refractivity contribution < 1.29 is 4.74 Å². The average Bonchev–Trinajstić information content (AvgIpc) is 2.98. The Labute approximate surface area is 115 Å². The Bertz CT molecular complexity index is 252. The maximum Gasteiger partial charge on any atom is 0.191 e. The van der Waals surface area contributed by atoms with Gasteiger partial charge in [-0.15, -0.1) is 24.0 Å². The Balaban J connectivity index is 0.00000225. The van der Waals surface area contributed by atoms with Crippen molar-refractivity contribution in [2.75, 3.05) is 26.8 Å². The number of halogens is 1. The molecule has 0 spiro atoms. The molecule has 5 heteroatoms. The molecule has 2 N–H and O–H groups in total. The van der Waals surface area contributed by atoms with Crippen LogP contribution in [0.1, 0.15) is 19.8 Å². The zero-order chi connectivity index (χ0) is 11.3. The first-order valence-corrected chi connectivity index (χ1v) is 5.36. The second-order valence-corrected chi connectivity index (χ2v) is 4.09. The maximum absolute atomic E-state index is 5.80. The van der Waals surface area contributed by atoms with Crippen LogP contribution in [0.4, 0.5) is 0 Å². The molecule has 0 aliphatic heterocycles. The van der Waals surface area contributed by atoms with Crippen LogP contribution in [0, 0.1) is 0 Å². The van der Waals surface area contributed by atoms with Crippen molar-refractivity contribution in [3.63, 3.8) is 0 Å². The van der Waals surface area contributed by atoms with E-state index >= 15 is 0 Å². The number of nitrogens with two attached hydrogens (primary N) is 1. The number of nitrogens with zero attached hydrogens (tertiary/aromatic N) is 2. The van der Waals surface area contributed by atoms with Gasteiger partial charge in [-0.1, -0.05) is 12.2 Å². The highest BCUT2D eigenvalue weighted by molar-refractivity contribution is 14.0. The van der Waals surface area contributed by atoms with Gasteiger partial charge in [0.1, 0.15) is 0 Å². The van der Waals surface area contributed by atoms with E-state index in [4.69, 9.17) is 10.5 Å². The van der Waals surface area contributed by atoms with Crippen molar-refractivity contribution in [2.24, 2.45) is 10.7 Å². The molecular formula is C11H22IN3O. The molecule has 1 fully saturated rings. The molecule has 0 bridgehead atoms. The number of aliphatic imine (C=N–C) groups is 1. The lowest BCUT2D eigenvalue weighted by Crippen LogP contribution is -2.36. The first-order chi connectivity index (χ1) is 7.11. The lowest BCUT2D eigenvalue weighted by molar-refractivity contribution is 0.164. The summed E-state index contributed by atoms with van der Waals surface area (Å²) in [5, 5.41) is 0. The Morgan fingerprint density at radius 3 is 2.69 bits per heavy atom. The van der Waals surface area contributed by atoms with Gasteiger partial charge >= 0.3 is 0 Å². The van der Waals surface area contributed by atoms with Crippen LogP contribution in [0.25, 0.3) is 0 Å². The van der Waals surface area contributed by atoms with E-state index in [9.17, 15) is 0 Å². The van der Waals surface area contributed by atoms with E-state index < -0.39 is 0 Å². The molecule has 0 aromatic heterocycles. The van der Waals surface area contributed by atoms with E-state index in [0.717, 1.165) is 5.57 Å². The third-order valence-electron chi connectivity index (χ3n) is 2.31. The molecular weight excluding hydrogens is 317 g/mol. The quantitative estimate of drug-likeness (QED) is 0.263. The normalized spacial score (nSPS) is 15.5. The van der Waals surface area contributed by atoms with E-state index in [0.29, 0.717) is 31.8 Å². The van der Waals surface area contributed by atoms with Gasteiger partial charge in [-0.3, -0.25) is 4.99 Å². The minimum absolute atomic E-state index is 0. The van der Waals surface area contributed by atoms with Crippen molar-refractivity contribution in [3.8, 4) is 0 Å². The fourth-order valence-electron chi connectivity index (χ4n) is 1.23. The van der Waals surface area contributed by atoms with E-state index in [1.54, 1.807) is 0 Å². The maximum atomic E-state index is 5.80. The molecule has 0 radical (unpaired) electrons. The molecule has 16 heavy (non-hydrogen) atoms. The van der Waals surface area contributed by atoms with Gasteiger partial charge in [-0.05, 0) is 19.8 Å². The van der Waals surface area contributed by atoms with Gasteiger partial charge in [0, 0.05) is 13.1 Å². The lowest BCUT2D eigenvalue weighted by Gasteiger charge is -2.16. The van der Waals surface area contributed by atoms with Gasteiger partial charge in [0.15, 0.2) is 5.96 Å². The Hall–Kier alpha value is -0.300. The summed E-state index contributed by atoms with van der Waals surface area (Å²) in [7, 11) is 1.99. The van der Waals surface area contributed by atoms with Gasteiger partial charge < -0.3 is 15.4 Å². The van der Waals surface area contributed by atoms with Crippen molar-refractivity contribution in [1.82, 2.24) is 4.90 Å². The number of rotatable bonds is 6. The number of guanidine groups is 1. The van der Waals surface area contributed by atoms with E-state index in [1.807, 2.05) is 18.9 Å². The minimum Gasteiger partial charge on any atom is -0.375 e. The summed E-state index contributed by atoms with van der Waals surface area (Å²) >= 11 is 0. The Kier molecular flexibility index (Phi) is 7.74. The molecule has 0 atom stereocenters. The van der Waals surface area contributed by atoms with Crippen molar-refractivity contribution in [2.45, 2.75) is 25.8 Å². The molecule has 0 saturated heterocycles. The van der Waals surface area contributed by atoms with Crippen molar-refractivity contribution in [1.29, 1.82) is 0 Å². The van der Waals surface area contributed by atoms with Crippen LogP contribution in [0.3, 0.4) is 0 Å².